The Morgan fingerprint density at radius 2 is 1.08 bits per heavy atom. The molecule has 0 aromatic carbocycles. The standard InChI is InChI=1S/C13H20F3NO7S.C12H20FNO4.C5H8FNO2.CH4/c1-5-22-9(18)12(17-10(19)23-11(2,3)4)6-8(7-12)24-25(20,21)13(14,15)16;1-5-17-9(15)12(6-8(13)7-12)14-10(16)18-11(2,3)4;6-3-1-5(7,2-3)4(8)9;/h8H,5-7H2,1-4H3,(H,17,19);8H,5-7H2,1-4H3,(H,14,16);3H,1-2,7H2,(H,8,9);1H4/i;13-1;6-1;. The quantitative estimate of drug-likeness (QED) is 0.0836. The molecule has 5 N–H and O–H groups in total. The van der Waals surface area contributed by atoms with Crippen LogP contribution in [0.25, 0.3) is 0 Å². The molecule has 2 amide bonds. The maximum Gasteiger partial charge on any atom is 0.523 e. The number of carbonyl (C=O) groups is 5. The number of nitrogens with two attached hydrogens (primary N) is 1. The van der Waals surface area contributed by atoms with Crippen molar-refractivity contribution in [1.29, 1.82) is 0 Å². The number of rotatable bonds is 9. The first-order valence-electron chi connectivity index (χ1n) is 16.0. The van der Waals surface area contributed by atoms with Crippen LogP contribution in [0.2, 0.25) is 0 Å². The molecule has 3 fully saturated rings. The zero-order chi connectivity index (χ0) is 40.7. The van der Waals surface area contributed by atoms with E-state index in [1.54, 1.807) is 48.5 Å². The van der Waals surface area contributed by atoms with Crippen molar-refractivity contribution in [2.24, 2.45) is 5.73 Å². The van der Waals surface area contributed by atoms with Gasteiger partial charge in [-0.25, -0.2) is 28.0 Å². The molecule has 0 aromatic rings. The predicted molar refractivity (Wildman–Crippen MR) is 176 cm³/mol. The topological polar surface area (TPSA) is 236 Å². The SMILES string of the molecule is C.CCOC(=O)C1(NC(=O)OC(C)(C)C)CC(OS(=O)(=O)C(F)(F)F)C1.CCOC(=O)C1(NC(=O)OC(C)(C)C)CC([18F])C1.NC1(C(=O)O)CC([18F])C1. The fourth-order valence-electron chi connectivity index (χ4n) is 4.80. The molecule has 0 radical (unpaired) electrons. The van der Waals surface area contributed by atoms with Crippen LogP contribution >= 0.6 is 0 Å². The number of carbonyl (C=O) groups excluding carboxylic acids is 4. The zero-order valence-corrected chi connectivity index (χ0v) is 30.9. The lowest BCUT2D eigenvalue weighted by Crippen LogP contribution is -2.66. The summed E-state index contributed by atoms with van der Waals surface area (Å²) in [5, 5.41) is 13.0. The van der Waals surface area contributed by atoms with E-state index in [1.807, 2.05) is 0 Å². The lowest BCUT2D eigenvalue weighted by Gasteiger charge is -2.44. The summed E-state index contributed by atoms with van der Waals surface area (Å²) in [7, 11) is -5.80. The van der Waals surface area contributed by atoms with Crippen molar-refractivity contribution in [2.75, 3.05) is 13.2 Å². The van der Waals surface area contributed by atoms with Crippen LogP contribution in [0.3, 0.4) is 0 Å². The highest BCUT2D eigenvalue weighted by molar-refractivity contribution is 7.87. The van der Waals surface area contributed by atoms with Crippen LogP contribution in [0.15, 0.2) is 0 Å². The molecule has 0 aliphatic heterocycles. The van der Waals surface area contributed by atoms with Gasteiger partial charge in [0.15, 0.2) is 0 Å². The molecule has 16 nitrogen and oxygen atoms in total. The minimum absolute atomic E-state index is 0. The molecular formula is C31H52F5N3O13S. The normalized spacial score (nSPS) is 27.7. The number of hydrogen-bond donors (Lipinski definition) is 4. The lowest BCUT2D eigenvalue weighted by molar-refractivity contribution is -0.160. The summed E-state index contributed by atoms with van der Waals surface area (Å²) in [5.41, 5.74) is -6.16. The van der Waals surface area contributed by atoms with E-state index in [0.29, 0.717) is 0 Å². The molecule has 3 rings (SSSR count). The molecule has 53 heavy (non-hydrogen) atoms. The largest absolute Gasteiger partial charge is 0.523 e. The lowest BCUT2D eigenvalue weighted by atomic mass is 9.74. The highest BCUT2D eigenvalue weighted by Gasteiger charge is 2.58. The maximum absolute atomic E-state index is 13.0. The van der Waals surface area contributed by atoms with Crippen molar-refractivity contribution in [2.45, 2.75) is 153 Å². The molecular weight excluding hydrogens is 747 g/mol. The summed E-state index contributed by atoms with van der Waals surface area (Å²) in [4.78, 5) is 57.4. The third-order valence-electron chi connectivity index (χ3n) is 7.25. The number of esters is 2. The fourth-order valence-corrected chi connectivity index (χ4v) is 5.40. The monoisotopic (exact) mass is 799 g/mol. The Labute approximate surface area is 305 Å². The molecule has 0 atom stereocenters. The third kappa shape index (κ3) is 14.7. The average molecular weight is 800 g/mol. The number of nitrogens with one attached hydrogen (secondary N) is 2. The third-order valence-corrected chi connectivity index (χ3v) is 8.34. The van der Waals surface area contributed by atoms with Gasteiger partial charge in [0.05, 0.1) is 19.3 Å². The smallest absolute Gasteiger partial charge is 0.480 e. The van der Waals surface area contributed by atoms with Crippen LogP contribution in [0.5, 0.6) is 0 Å². The molecule has 0 spiro atoms. The second-order valence-corrected chi connectivity index (χ2v) is 15.9. The van der Waals surface area contributed by atoms with Gasteiger partial charge >= 0.3 is 45.7 Å². The number of halogens is 5. The van der Waals surface area contributed by atoms with E-state index < -0.39 is 105 Å². The summed E-state index contributed by atoms with van der Waals surface area (Å²) in [6.45, 7) is 13.2. The van der Waals surface area contributed by atoms with Gasteiger partial charge in [0, 0.05) is 38.5 Å². The molecule has 0 bridgehead atoms. The number of amides is 2. The number of carboxylic acid groups (broad SMARTS) is 1. The molecule has 0 saturated heterocycles. The van der Waals surface area contributed by atoms with Gasteiger partial charge < -0.3 is 40.4 Å². The number of alkyl carbamates (subject to hydrolysis) is 2. The van der Waals surface area contributed by atoms with Crippen LogP contribution in [-0.4, -0.2) is 109 Å². The van der Waals surface area contributed by atoms with Crippen molar-refractivity contribution >= 4 is 40.2 Å². The van der Waals surface area contributed by atoms with Gasteiger partial charge in [-0.05, 0) is 55.4 Å². The van der Waals surface area contributed by atoms with Crippen LogP contribution in [0, 0.1) is 0 Å². The van der Waals surface area contributed by atoms with Crippen molar-refractivity contribution < 1.29 is 82.6 Å². The number of ether oxygens (including phenoxy) is 4. The predicted octanol–water partition coefficient (Wildman–Crippen LogP) is 4.32. The fraction of sp³-hybridized carbons (Fsp3) is 0.839. The number of aliphatic carboxylic acids is 1. The van der Waals surface area contributed by atoms with Crippen molar-refractivity contribution in [3.05, 3.63) is 0 Å². The Balaban J connectivity index is 0.000000838. The summed E-state index contributed by atoms with van der Waals surface area (Å²) < 4.78 is 108. The summed E-state index contributed by atoms with van der Waals surface area (Å²) >= 11 is 0. The van der Waals surface area contributed by atoms with Gasteiger partial charge in [-0.3, -0.25) is 8.98 Å². The molecule has 310 valence electrons. The van der Waals surface area contributed by atoms with Gasteiger partial charge in [0.1, 0.15) is 40.2 Å². The Morgan fingerprint density at radius 3 is 1.32 bits per heavy atom. The second kappa shape index (κ2) is 18.2. The van der Waals surface area contributed by atoms with E-state index in [9.17, 15) is 54.3 Å². The number of carboxylic acids is 1. The summed E-state index contributed by atoms with van der Waals surface area (Å²) in [6.07, 6.45) is -6.46. The maximum atomic E-state index is 13.0. The average Bonchev–Trinajstić information content (AvgIpc) is 2.87. The van der Waals surface area contributed by atoms with Crippen LogP contribution in [-0.2, 0) is 47.6 Å². The molecule has 3 saturated carbocycles. The van der Waals surface area contributed by atoms with Gasteiger partial charge in [-0.15, -0.1) is 0 Å². The summed E-state index contributed by atoms with van der Waals surface area (Å²) in [5.74, 6) is -2.62. The Bertz CT molecular complexity index is 1400. The summed E-state index contributed by atoms with van der Waals surface area (Å²) in [6, 6.07) is 0. The Morgan fingerprint density at radius 1 is 0.736 bits per heavy atom. The Hall–Kier alpha value is -3.53. The van der Waals surface area contributed by atoms with Crippen LogP contribution in [0.4, 0.5) is 31.5 Å². The minimum Gasteiger partial charge on any atom is -0.480 e. The van der Waals surface area contributed by atoms with Gasteiger partial charge in [-0.2, -0.15) is 21.6 Å². The van der Waals surface area contributed by atoms with Gasteiger partial charge in [0.2, 0.25) is 0 Å². The van der Waals surface area contributed by atoms with E-state index in [2.05, 4.69) is 14.8 Å². The highest BCUT2D eigenvalue weighted by Crippen LogP contribution is 2.40. The number of hydrogen-bond acceptors (Lipinski definition) is 13. The highest BCUT2D eigenvalue weighted by atomic mass is 32.2. The van der Waals surface area contributed by atoms with E-state index in [1.165, 1.54) is 6.92 Å². The molecule has 0 heterocycles. The molecule has 0 unspecified atom stereocenters. The van der Waals surface area contributed by atoms with Crippen molar-refractivity contribution in [3.8, 4) is 0 Å². The number of alkyl halides is 5. The van der Waals surface area contributed by atoms with E-state index in [4.69, 9.17) is 29.8 Å². The van der Waals surface area contributed by atoms with Crippen molar-refractivity contribution in [3.63, 3.8) is 0 Å². The molecule has 0 aromatic heterocycles. The second-order valence-electron chi connectivity index (χ2n) is 14.4. The van der Waals surface area contributed by atoms with E-state index >= 15 is 0 Å². The van der Waals surface area contributed by atoms with Gasteiger partial charge in [0.25, 0.3) is 0 Å². The first-order valence-corrected chi connectivity index (χ1v) is 17.4. The minimum atomic E-state index is -5.80. The first kappa shape index (κ1) is 49.5. The van der Waals surface area contributed by atoms with Crippen LogP contribution < -0.4 is 16.4 Å². The molecule has 3 aliphatic carbocycles. The van der Waals surface area contributed by atoms with Crippen molar-refractivity contribution in [1.82, 2.24) is 10.6 Å². The Kier molecular flexibility index (Phi) is 17.0. The van der Waals surface area contributed by atoms with Crippen LogP contribution in [0.1, 0.15) is 101 Å². The molecule has 3 aliphatic rings. The van der Waals surface area contributed by atoms with E-state index in [-0.39, 0.29) is 46.3 Å². The van der Waals surface area contributed by atoms with E-state index in [0.717, 1.165) is 0 Å². The first-order chi connectivity index (χ1) is 23.3. The van der Waals surface area contributed by atoms with Gasteiger partial charge in [-0.1, -0.05) is 7.43 Å². The zero-order valence-electron chi connectivity index (χ0n) is 30.1. The molecule has 22 heteroatoms.